The van der Waals surface area contributed by atoms with E-state index in [0.717, 1.165) is 39.2 Å². The molecule has 3 heteroatoms. The first-order valence-corrected chi connectivity index (χ1v) is 17.6. The van der Waals surface area contributed by atoms with Crippen molar-refractivity contribution in [3.05, 3.63) is 168 Å². The molecule has 7 aromatic carbocycles. The lowest BCUT2D eigenvalue weighted by molar-refractivity contribution is 0.660. The van der Waals surface area contributed by atoms with Crippen LogP contribution < -0.4 is 4.90 Å². The lowest BCUT2D eigenvalue weighted by atomic mass is 9.81. The molecule has 10 rings (SSSR count). The number of para-hydroxylation sites is 3. The summed E-state index contributed by atoms with van der Waals surface area (Å²) in [5, 5.41) is 3.60. The Morgan fingerprint density at radius 3 is 1.98 bits per heavy atom. The van der Waals surface area contributed by atoms with Crippen molar-refractivity contribution < 1.29 is 0 Å². The molecule has 0 saturated carbocycles. The lowest BCUT2D eigenvalue weighted by Crippen LogP contribution is -2.22. The van der Waals surface area contributed by atoms with Crippen molar-refractivity contribution in [3.63, 3.8) is 0 Å². The van der Waals surface area contributed by atoms with Crippen LogP contribution in [0.25, 0.3) is 66.3 Å². The minimum atomic E-state index is -0.0195. The number of aromatic nitrogens is 1. The van der Waals surface area contributed by atoms with Gasteiger partial charge in [-0.3, -0.25) is 4.99 Å². The number of pyridine rings is 1. The molecule has 1 aliphatic carbocycles. The van der Waals surface area contributed by atoms with E-state index in [1.807, 2.05) is 12.1 Å². The number of hydrogen-bond acceptors (Lipinski definition) is 3. The molecule has 1 aliphatic heterocycles. The van der Waals surface area contributed by atoms with Crippen LogP contribution in [-0.2, 0) is 12.0 Å². The fourth-order valence-corrected chi connectivity index (χ4v) is 8.43. The van der Waals surface area contributed by atoms with Crippen LogP contribution in [0.2, 0.25) is 0 Å². The lowest BCUT2D eigenvalue weighted by Gasteiger charge is -2.33. The molecule has 51 heavy (non-hydrogen) atoms. The van der Waals surface area contributed by atoms with Crippen LogP contribution in [0.1, 0.15) is 30.5 Å². The van der Waals surface area contributed by atoms with Gasteiger partial charge in [0.15, 0.2) is 0 Å². The zero-order valence-corrected chi connectivity index (χ0v) is 28.7. The number of aliphatic imine (C=N–C) groups is 1. The van der Waals surface area contributed by atoms with Gasteiger partial charge in [-0.2, -0.15) is 0 Å². The smallest absolute Gasteiger partial charge is 0.0859 e. The number of hydrogen-bond donors (Lipinski definition) is 0. The normalized spacial score (nSPS) is 13.8. The second kappa shape index (κ2) is 11.1. The molecular formula is C48H35N3. The zero-order valence-electron chi connectivity index (χ0n) is 28.7. The molecule has 0 fully saturated rings. The maximum Gasteiger partial charge on any atom is 0.0859 e. The highest BCUT2D eigenvalue weighted by atomic mass is 15.2. The first-order valence-electron chi connectivity index (χ1n) is 17.6. The third-order valence-corrected chi connectivity index (χ3v) is 11.1. The molecular weight excluding hydrogens is 619 g/mol. The summed E-state index contributed by atoms with van der Waals surface area (Å²) in [4.78, 5) is 11.9. The first kappa shape index (κ1) is 29.6. The molecule has 3 nitrogen and oxygen atoms in total. The minimum absolute atomic E-state index is 0.0195. The Labute approximate surface area is 298 Å². The van der Waals surface area contributed by atoms with Crippen LogP contribution in [0.5, 0.6) is 0 Å². The van der Waals surface area contributed by atoms with Gasteiger partial charge in [-0.25, -0.2) is 4.98 Å². The highest BCUT2D eigenvalue weighted by Gasteiger charge is 2.35. The van der Waals surface area contributed by atoms with E-state index in [0.29, 0.717) is 6.54 Å². The van der Waals surface area contributed by atoms with E-state index < -0.39 is 0 Å². The van der Waals surface area contributed by atoms with Crippen molar-refractivity contribution in [1.29, 1.82) is 0 Å². The number of fused-ring (bicyclic) bond motifs is 8. The SMILES string of the molecule is C=Nc1ccccc1N1Cc2cc3ccccc3nc2-c2ccc(-c3ccc4cc(-c5ccc6c(c5)C(C)(C)c5ccccc5-6)ccc4c3)cc21. The molecule has 2 aliphatic rings. The summed E-state index contributed by atoms with van der Waals surface area (Å²) in [6.45, 7) is 9.27. The Kier molecular flexibility index (Phi) is 6.44. The maximum absolute atomic E-state index is 5.18. The number of nitrogens with zero attached hydrogens (tertiary/aromatic N) is 3. The van der Waals surface area contributed by atoms with Crippen molar-refractivity contribution in [2.75, 3.05) is 4.90 Å². The Balaban J connectivity index is 1.05. The third-order valence-electron chi connectivity index (χ3n) is 11.1. The van der Waals surface area contributed by atoms with E-state index in [-0.39, 0.29) is 5.41 Å². The van der Waals surface area contributed by atoms with Gasteiger partial charge in [-0.1, -0.05) is 117 Å². The zero-order chi connectivity index (χ0) is 34.3. The monoisotopic (exact) mass is 653 g/mol. The fourth-order valence-electron chi connectivity index (χ4n) is 8.43. The van der Waals surface area contributed by atoms with Crippen LogP contribution in [0.4, 0.5) is 17.1 Å². The number of benzene rings is 7. The van der Waals surface area contributed by atoms with E-state index in [1.165, 1.54) is 60.8 Å². The molecule has 0 saturated heterocycles. The van der Waals surface area contributed by atoms with Gasteiger partial charge in [0, 0.05) is 16.4 Å². The molecule has 0 bridgehead atoms. The summed E-state index contributed by atoms with van der Waals surface area (Å²) >= 11 is 0. The van der Waals surface area contributed by atoms with E-state index in [9.17, 15) is 0 Å². The molecule has 0 unspecified atom stereocenters. The quantitative estimate of drug-likeness (QED) is 0.177. The Bertz CT molecular complexity index is 2740. The van der Waals surface area contributed by atoms with E-state index in [1.54, 1.807) is 0 Å². The average Bonchev–Trinajstić information content (AvgIpc) is 3.41. The summed E-state index contributed by atoms with van der Waals surface area (Å²) < 4.78 is 0. The van der Waals surface area contributed by atoms with Gasteiger partial charge in [-0.05, 0) is 116 Å². The molecule has 242 valence electrons. The second-order valence-electron chi connectivity index (χ2n) is 14.4. The molecule has 8 aromatic rings. The largest absolute Gasteiger partial charge is 0.335 e. The minimum Gasteiger partial charge on any atom is -0.335 e. The Morgan fingerprint density at radius 1 is 0.549 bits per heavy atom. The van der Waals surface area contributed by atoms with Crippen molar-refractivity contribution in [2.45, 2.75) is 25.8 Å². The van der Waals surface area contributed by atoms with E-state index in [2.05, 4.69) is 170 Å². The van der Waals surface area contributed by atoms with Gasteiger partial charge in [0.1, 0.15) is 0 Å². The number of rotatable bonds is 4. The molecule has 2 heterocycles. The van der Waals surface area contributed by atoms with Gasteiger partial charge in [0.05, 0.1) is 34.8 Å². The predicted molar refractivity (Wildman–Crippen MR) is 215 cm³/mol. The predicted octanol–water partition coefficient (Wildman–Crippen LogP) is 12.7. The fraction of sp³-hybridized carbons (Fsp3) is 0.0833. The van der Waals surface area contributed by atoms with Gasteiger partial charge in [-0.15, -0.1) is 0 Å². The molecule has 0 radical (unpaired) electrons. The maximum atomic E-state index is 5.18. The summed E-state index contributed by atoms with van der Waals surface area (Å²) in [5.41, 5.74) is 17.7. The van der Waals surface area contributed by atoms with Crippen LogP contribution in [-0.4, -0.2) is 11.7 Å². The van der Waals surface area contributed by atoms with Crippen LogP contribution in [0, 0.1) is 0 Å². The molecule has 0 spiro atoms. The first-order chi connectivity index (χ1) is 25.0. The van der Waals surface area contributed by atoms with Gasteiger partial charge < -0.3 is 4.90 Å². The van der Waals surface area contributed by atoms with Crippen LogP contribution in [0.15, 0.2) is 157 Å². The topological polar surface area (TPSA) is 28.5 Å². The van der Waals surface area contributed by atoms with Gasteiger partial charge >= 0.3 is 0 Å². The van der Waals surface area contributed by atoms with Crippen LogP contribution >= 0.6 is 0 Å². The molecule has 1 aromatic heterocycles. The average molecular weight is 654 g/mol. The Hall–Kier alpha value is -6.32. The van der Waals surface area contributed by atoms with Crippen molar-refractivity contribution >= 4 is 45.5 Å². The third kappa shape index (κ3) is 4.58. The summed E-state index contributed by atoms with van der Waals surface area (Å²) in [6, 6.07) is 55.2. The number of anilines is 2. The molecule has 0 N–H and O–H groups in total. The summed E-state index contributed by atoms with van der Waals surface area (Å²) in [5.74, 6) is 0. The van der Waals surface area contributed by atoms with Gasteiger partial charge in [0.25, 0.3) is 0 Å². The second-order valence-corrected chi connectivity index (χ2v) is 14.4. The van der Waals surface area contributed by atoms with E-state index in [4.69, 9.17) is 4.98 Å². The van der Waals surface area contributed by atoms with Crippen molar-refractivity contribution in [1.82, 2.24) is 4.98 Å². The van der Waals surface area contributed by atoms with Crippen molar-refractivity contribution in [3.8, 4) is 44.6 Å². The van der Waals surface area contributed by atoms with E-state index >= 15 is 0 Å². The summed E-state index contributed by atoms with van der Waals surface area (Å²) in [7, 11) is 0. The standard InChI is InChI=1S/C48H35N3/c1-48(2)41-12-6-5-11-38(41)39-22-20-34(27-42(39)48)32-18-16-31-25-33(19-17-30(31)24-32)35-21-23-40-46(28-35)51(45-15-9-8-14-44(45)49-3)29-37-26-36-10-4-7-13-43(36)50-47(37)40/h4-28H,3,29H2,1-2H3. The van der Waals surface area contributed by atoms with Crippen LogP contribution in [0.3, 0.4) is 0 Å². The molecule has 0 atom stereocenters. The van der Waals surface area contributed by atoms with Gasteiger partial charge in [0.2, 0.25) is 0 Å². The summed E-state index contributed by atoms with van der Waals surface area (Å²) in [6.07, 6.45) is 0. The highest BCUT2D eigenvalue weighted by Crippen LogP contribution is 2.50. The molecule has 0 amide bonds. The van der Waals surface area contributed by atoms with Crippen molar-refractivity contribution in [2.24, 2.45) is 4.99 Å². The Morgan fingerprint density at radius 2 is 1.18 bits per heavy atom. The highest BCUT2D eigenvalue weighted by molar-refractivity contribution is 5.96.